The third-order valence-corrected chi connectivity index (χ3v) is 5.20. The van der Waals surface area contributed by atoms with Gasteiger partial charge in [0.15, 0.2) is 0 Å². The predicted molar refractivity (Wildman–Crippen MR) is 116 cm³/mol. The van der Waals surface area contributed by atoms with Crippen LogP contribution in [0.15, 0.2) is 54.6 Å². The molecule has 0 bridgehead atoms. The van der Waals surface area contributed by atoms with Gasteiger partial charge >= 0.3 is 0 Å². The molecule has 1 aliphatic rings. The summed E-state index contributed by atoms with van der Waals surface area (Å²) in [4.78, 5) is 2.56. The van der Waals surface area contributed by atoms with Gasteiger partial charge in [0.1, 0.15) is 17.6 Å². The van der Waals surface area contributed by atoms with Crippen molar-refractivity contribution in [3.8, 4) is 11.5 Å². The van der Waals surface area contributed by atoms with Crippen molar-refractivity contribution in [1.82, 2.24) is 4.90 Å². The first-order valence-corrected chi connectivity index (χ1v) is 10.7. The van der Waals surface area contributed by atoms with E-state index in [4.69, 9.17) is 9.47 Å². The molecule has 1 unspecified atom stereocenters. The van der Waals surface area contributed by atoms with E-state index in [1.807, 2.05) is 30.3 Å². The molecule has 2 aromatic rings. The smallest absolute Gasteiger partial charge is 0.124 e. The van der Waals surface area contributed by atoms with Crippen LogP contribution >= 0.6 is 0 Å². The second-order valence-corrected chi connectivity index (χ2v) is 8.00. The lowest BCUT2D eigenvalue weighted by Crippen LogP contribution is -2.31. The monoisotopic (exact) mass is 380 g/mol. The van der Waals surface area contributed by atoms with Crippen LogP contribution in [0.25, 0.3) is 0 Å². The molecule has 3 rings (SSSR count). The highest BCUT2D eigenvalue weighted by atomic mass is 16.5. The lowest BCUT2D eigenvalue weighted by molar-refractivity contribution is 0.199. The average Bonchev–Trinajstić information content (AvgIpc) is 2.72. The fraction of sp³-hybridized carbons (Fsp3) is 0.480. The molecule has 0 saturated carbocycles. The highest BCUT2D eigenvalue weighted by molar-refractivity contribution is 5.30. The van der Waals surface area contributed by atoms with Gasteiger partial charge < -0.3 is 14.4 Å². The van der Waals surface area contributed by atoms with Crippen LogP contribution in [0.5, 0.6) is 11.5 Å². The van der Waals surface area contributed by atoms with Gasteiger partial charge in [-0.3, -0.25) is 0 Å². The number of hydrogen-bond acceptors (Lipinski definition) is 3. The molecule has 1 atom stereocenters. The summed E-state index contributed by atoms with van der Waals surface area (Å²) in [6, 6.07) is 18.5. The zero-order valence-electron chi connectivity index (χ0n) is 17.4. The molecule has 3 heteroatoms. The second kappa shape index (κ2) is 11.1. The number of benzene rings is 2. The Morgan fingerprint density at radius 3 is 2.29 bits per heavy atom. The molecule has 3 nitrogen and oxygen atoms in total. The third kappa shape index (κ3) is 6.87. The predicted octanol–water partition coefficient (Wildman–Crippen LogP) is 6.07. The van der Waals surface area contributed by atoms with Crippen LogP contribution in [-0.2, 0) is 0 Å². The molecule has 1 saturated heterocycles. The summed E-state index contributed by atoms with van der Waals surface area (Å²) in [7, 11) is 0. The Balaban J connectivity index is 1.50. The van der Waals surface area contributed by atoms with Crippen LogP contribution in [-0.4, -0.2) is 31.1 Å². The number of nitrogens with zero attached hydrogens (tertiary/aromatic N) is 1. The molecule has 0 N–H and O–H groups in total. The van der Waals surface area contributed by atoms with E-state index in [0.717, 1.165) is 37.5 Å². The van der Waals surface area contributed by atoms with Crippen molar-refractivity contribution in [3.05, 3.63) is 66.1 Å². The van der Waals surface area contributed by atoms with Crippen molar-refractivity contribution in [2.45, 2.75) is 52.1 Å². The minimum atomic E-state index is 0.0283. The van der Waals surface area contributed by atoms with Gasteiger partial charge in [-0.15, -0.1) is 0 Å². The van der Waals surface area contributed by atoms with Gasteiger partial charge in [-0.1, -0.05) is 50.6 Å². The maximum Gasteiger partial charge on any atom is 0.124 e. The van der Waals surface area contributed by atoms with Gasteiger partial charge in [0.2, 0.25) is 0 Å². The van der Waals surface area contributed by atoms with Gasteiger partial charge in [0.25, 0.3) is 0 Å². The Labute approximate surface area is 170 Å². The summed E-state index contributed by atoms with van der Waals surface area (Å²) in [6.07, 6.45) is 6.12. The number of hydrogen-bond donors (Lipinski definition) is 0. The number of piperidine rings is 1. The number of ether oxygens (including phenoxy) is 2. The minimum absolute atomic E-state index is 0.0283. The molecular formula is C25H34NO2. The Morgan fingerprint density at radius 2 is 1.61 bits per heavy atom. The van der Waals surface area contributed by atoms with Gasteiger partial charge in [0, 0.05) is 6.54 Å². The van der Waals surface area contributed by atoms with Crippen molar-refractivity contribution < 1.29 is 9.47 Å². The zero-order chi connectivity index (χ0) is 19.6. The second-order valence-electron chi connectivity index (χ2n) is 8.00. The first kappa shape index (κ1) is 20.7. The highest BCUT2D eigenvalue weighted by Crippen LogP contribution is 2.29. The van der Waals surface area contributed by atoms with E-state index in [1.165, 1.54) is 43.8 Å². The zero-order valence-corrected chi connectivity index (χ0v) is 17.4. The van der Waals surface area contributed by atoms with Crippen LogP contribution in [0.4, 0.5) is 0 Å². The topological polar surface area (TPSA) is 21.7 Å². The molecule has 1 heterocycles. The molecule has 0 aliphatic carbocycles. The van der Waals surface area contributed by atoms with E-state index in [9.17, 15) is 0 Å². The van der Waals surface area contributed by atoms with E-state index in [-0.39, 0.29) is 6.10 Å². The van der Waals surface area contributed by atoms with Crippen LogP contribution in [0.2, 0.25) is 0 Å². The highest BCUT2D eigenvalue weighted by Gasteiger charge is 2.16. The van der Waals surface area contributed by atoms with Crippen LogP contribution < -0.4 is 9.47 Å². The molecule has 0 amide bonds. The normalized spacial score (nSPS) is 16.1. The number of rotatable bonds is 10. The van der Waals surface area contributed by atoms with E-state index in [0.29, 0.717) is 0 Å². The maximum absolute atomic E-state index is 6.25. The molecule has 2 aromatic carbocycles. The fourth-order valence-electron chi connectivity index (χ4n) is 3.70. The largest absolute Gasteiger partial charge is 0.494 e. The summed E-state index contributed by atoms with van der Waals surface area (Å²) in [5, 5.41) is 0. The SMILES string of the molecule is C[C](C)CC(Oc1ccccc1)c1ccc(OCCCN2CCCCC2)cc1. The van der Waals surface area contributed by atoms with Gasteiger partial charge in [-0.25, -0.2) is 0 Å². The Morgan fingerprint density at radius 1 is 0.893 bits per heavy atom. The van der Waals surface area contributed by atoms with Crippen LogP contribution in [0.3, 0.4) is 0 Å². The van der Waals surface area contributed by atoms with E-state index in [2.05, 4.69) is 43.0 Å². The summed E-state index contributed by atoms with van der Waals surface area (Å²) in [6.45, 7) is 8.75. The van der Waals surface area contributed by atoms with Crippen molar-refractivity contribution >= 4 is 0 Å². The summed E-state index contributed by atoms with van der Waals surface area (Å²) in [5.41, 5.74) is 1.19. The standard InChI is InChI=1S/C25H34NO2/c1-21(2)20-25(28-24-10-5-3-6-11-24)22-12-14-23(15-13-22)27-19-9-18-26-16-7-4-8-17-26/h3,5-6,10-15,25H,4,7-9,16-20H2,1-2H3. The van der Waals surface area contributed by atoms with Gasteiger partial charge in [-0.05, 0) is 74.5 Å². The van der Waals surface area contributed by atoms with Crippen molar-refractivity contribution in [2.24, 2.45) is 0 Å². The molecule has 151 valence electrons. The van der Waals surface area contributed by atoms with Crippen molar-refractivity contribution in [2.75, 3.05) is 26.2 Å². The molecule has 1 radical (unpaired) electrons. The van der Waals surface area contributed by atoms with Gasteiger partial charge in [-0.2, -0.15) is 0 Å². The maximum atomic E-state index is 6.25. The lowest BCUT2D eigenvalue weighted by atomic mass is 9.99. The summed E-state index contributed by atoms with van der Waals surface area (Å²) in [5.74, 6) is 3.21. The van der Waals surface area contributed by atoms with Gasteiger partial charge in [0.05, 0.1) is 6.61 Å². The summed E-state index contributed by atoms with van der Waals surface area (Å²) < 4.78 is 12.2. The van der Waals surface area contributed by atoms with E-state index >= 15 is 0 Å². The summed E-state index contributed by atoms with van der Waals surface area (Å²) >= 11 is 0. The molecule has 0 spiro atoms. The van der Waals surface area contributed by atoms with E-state index < -0.39 is 0 Å². The Kier molecular flexibility index (Phi) is 8.23. The fourth-order valence-corrected chi connectivity index (χ4v) is 3.70. The first-order valence-electron chi connectivity index (χ1n) is 10.7. The number of para-hydroxylation sites is 1. The molecular weight excluding hydrogens is 346 g/mol. The Bertz CT molecular complexity index is 663. The molecule has 1 aliphatic heterocycles. The van der Waals surface area contributed by atoms with Crippen molar-refractivity contribution in [1.29, 1.82) is 0 Å². The lowest BCUT2D eigenvalue weighted by Gasteiger charge is -2.26. The Hall–Kier alpha value is -2.00. The van der Waals surface area contributed by atoms with Crippen LogP contribution in [0, 0.1) is 5.92 Å². The van der Waals surface area contributed by atoms with E-state index in [1.54, 1.807) is 0 Å². The van der Waals surface area contributed by atoms with Crippen molar-refractivity contribution in [3.63, 3.8) is 0 Å². The van der Waals surface area contributed by atoms with Crippen LogP contribution in [0.1, 0.15) is 57.6 Å². The number of likely N-dealkylation sites (tertiary alicyclic amines) is 1. The molecule has 0 aromatic heterocycles. The first-order chi connectivity index (χ1) is 13.7. The quantitative estimate of drug-likeness (QED) is 0.467. The third-order valence-electron chi connectivity index (χ3n) is 5.20. The average molecular weight is 381 g/mol. The molecule has 1 fully saturated rings. The minimum Gasteiger partial charge on any atom is -0.494 e. The molecule has 28 heavy (non-hydrogen) atoms.